The maximum Gasteiger partial charge on any atom is 0.266 e. The van der Waals surface area contributed by atoms with Crippen LogP contribution < -0.4 is 5.32 Å². The summed E-state index contributed by atoms with van der Waals surface area (Å²) in [5.74, 6) is 0.0432. The summed E-state index contributed by atoms with van der Waals surface area (Å²) in [5.41, 5.74) is 3.28. The predicted molar refractivity (Wildman–Crippen MR) is 102 cm³/mol. The number of carbonyl (C=O) groups excluding carboxylic acids is 1. The molecule has 0 radical (unpaired) electrons. The van der Waals surface area contributed by atoms with Gasteiger partial charge in [-0.25, -0.2) is 4.39 Å². The number of nitrogens with zero attached hydrogens (tertiary/aromatic N) is 1. The van der Waals surface area contributed by atoms with E-state index in [9.17, 15) is 14.4 Å². The van der Waals surface area contributed by atoms with Crippen LogP contribution in [-0.2, 0) is 4.79 Å². The first-order chi connectivity index (χ1) is 13.0. The van der Waals surface area contributed by atoms with Gasteiger partial charge in [0.25, 0.3) is 5.91 Å². The number of furan rings is 1. The molecule has 1 N–H and O–H groups in total. The van der Waals surface area contributed by atoms with Crippen LogP contribution in [0.4, 0.5) is 10.1 Å². The van der Waals surface area contributed by atoms with Gasteiger partial charge in [-0.1, -0.05) is 12.1 Å². The predicted octanol–water partition coefficient (Wildman–Crippen LogP) is 5.25. The van der Waals surface area contributed by atoms with Crippen molar-refractivity contribution in [1.29, 1.82) is 5.26 Å². The van der Waals surface area contributed by atoms with Gasteiger partial charge in [-0.05, 0) is 67.4 Å². The Hall–Kier alpha value is -3.65. The third-order valence-corrected chi connectivity index (χ3v) is 4.26. The van der Waals surface area contributed by atoms with Gasteiger partial charge < -0.3 is 9.73 Å². The summed E-state index contributed by atoms with van der Waals surface area (Å²) in [5, 5.41) is 12.1. The third kappa shape index (κ3) is 4.13. The molecule has 1 amide bonds. The molecule has 0 aliphatic heterocycles. The topological polar surface area (TPSA) is 66.0 Å². The Morgan fingerprint density at radius 2 is 1.85 bits per heavy atom. The molecular weight excluding hydrogens is 343 g/mol. The molecule has 0 atom stereocenters. The van der Waals surface area contributed by atoms with Crippen LogP contribution in [0.3, 0.4) is 0 Å². The number of hydrogen-bond acceptors (Lipinski definition) is 3. The Morgan fingerprint density at radius 1 is 1.11 bits per heavy atom. The second kappa shape index (κ2) is 7.71. The highest BCUT2D eigenvalue weighted by molar-refractivity contribution is 6.09. The molecule has 4 nitrogen and oxygen atoms in total. The van der Waals surface area contributed by atoms with E-state index < -0.39 is 5.91 Å². The number of rotatable bonds is 4. The lowest BCUT2D eigenvalue weighted by Gasteiger charge is -2.09. The van der Waals surface area contributed by atoms with Gasteiger partial charge in [0.15, 0.2) is 0 Å². The summed E-state index contributed by atoms with van der Waals surface area (Å²) in [6.45, 7) is 3.86. The summed E-state index contributed by atoms with van der Waals surface area (Å²) < 4.78 is 18.7. The van der Waals surface area contributed by atoms with E-state index in [1.54, 1.807) is 30.3 Å². The van der Waals surface area contributed by atoms with Gasteiger partial charge in [-0.3, -0.25) is 4.79 Å². The first-order valence-electron chi connectivity index (χ1n) is 8.33. The van der Waals surface area contributed by atoms with Crippen molar-refractivity contribution >= 4 is 17.7 Å². The molecule has 0 spiro atoms. The van der Waals surface area contributed by atoms with E-state index in [1.807, 2.05) is 32.0 Å². The highest BCUT2D eigenvalue weighted by Gasteiger charge is 2.13. The normalized spacial score (nSPS) is 11.1. The molecule has 134 valence electrons. The molecule has 2 aromatic carbocycles. The van der Waals surface area contributed by atoms with Crippen molar-refractivity contribution in [1.82, 2.24) is 0 Å². The quantitative estimate of drug-likeness (QED) is 0.510. The van der Waals surface area contributed by atoms with Crippen molar-refractivity contribution < 1.29 is 13.6 Å². The van der Waals surface area contributed by atoms with Crippen LogP contribution in [0.1, 0.15) is 16.9 Å². The van der Waals surface area contributed by atoms with E-state index in [1.165, 1.54) is 18.2 Å². The summed E-state index contributed by atoms with van der Waals surface area (Å²) in [4.78, 5) is 12.4. The Bertz CT molecular complexity index is 1060. The molecule has 3 aromatic rings. The van der Waals surface area contributed by atoms with E-state index in [2.05, 4.69) is 5.32 Å². The van der Waals surface area contributed by atoms with Gasteiger partial charge in [-0.2, -0.15) is 5.26 Å². The summed E-state index contributed by atoms with van der Waals surface area (Å²) in [6.07, 6.45) is 1.38. The van der Waals surface area contributed by atoms with Crippen molar-refractivity contribution in [2.45, 2.75) is 13.8 Å². The molecule has 1 aromatic heterocycles. The summed E-state index contributed by atoms with van der Waals surface area (Å²) >= 11 is 0. The van der Waals surface area contributed by atoms with E-state index in [0.717, 1.165) is 11.1 Å². The number of nitrogens with one attached hydrogen (secondary N) is 1. The van der Waals surface area contributed by atoms with Crippen molar-refractivity contribution in [2.75, 3.05) is 5.32 Å². The standard InChI is InChI=1S/C22H17FN2O2/c1-14-4-3-5-20(15(14)2)25-22(26)17(13-24)12-19-10-11-21(27-19)16-6-8-18(23)9-7-16/h3-12H,1-2H3,(H,25,26)/b17-12+. The second-order valence-corrected chi connectivity index (χ2v) is 6.08. The van der Waals surface area contributed by atoms with Crippen LogP contribution >= 0.6 is 0 Å². The Balaban J connectivity index is 1.82. The van der Waals surface area contributed by atoms with Crippen molar-refractivity contribution in [3.05, 3.63) is 82.9 Å². The van der Waals surface area contributed by atoms with Crippen molar-refractivity contribution in [2.24, 2.45) is 0 Å². The highest BCUT2D eigenvalue weighted by Crippen LogP contribution is 2.24. The number of anilines is 1. The lowest BCUT2D eigenvalue weighted by Crippen LogP contribution is -2.14. The van der Waals surface area contributed by atoms with Crippen molar-refractivity contribution in [3.63, 3.8) is 0 Å². The molecule has 0 saturated heterocycles. The minimum atomic E-state index is -0.508. The van der Waals surface area contributed by atoms with Crippen LogP contribution in [-0.4, -0.2) is 5.91 Å². The molecule has 0 bridgehead atoms. The Morgan fingerprint density at radius 3 is 2.56 bits per heavy atom. The SMILES string of the molecule is Cc1cccc(NC(=O)/C(C#N)=C/c2ccc(-c3ccc(F)cc3)o2)c1C. The van der Waals surface area contributed by atoms with E-state index in [-0.39, 0.29) is 11.4 Å². The smallest absolute Gasteiger partial charge is 0.266 e. The number of carbonyl (C=O) groups is 1. The van der Waals surface area contributed by atoms with E-state index in [0.29, 0.717) is 22.8 Å². The lowest BCUT2D eigenvalue weighted by molar-refractivity contribution is -0.112. The number of halogens is 1. The van der Waals surface area contributed by atoms with Gasteiger partial charge in [0.05, 0.1) is 0 Å². The highest BCUT2D eigenvalue weighted by atomic mass is 19.1. The van der Waals surface area contributed by atoms with Crippen LogP contribution in [0, 0.1) is 31.0 Å². The zero-order chi connectivity index (χ0) is 19.4. The second-order valence-electron chi connectivity index (χ2n) is 6.08. The minimum absolute atomic E-state index is 0.0732. The van der Waals surface area contributed by atoms with Gasteiger partial charge >= 0.3 is 0 Å². The molecule has 0 fully saturated rings. The molecule has 3 rings (SSSR count). The fraction of sp³-hybridized carbons (Fsp3) is 0.0909. The first-order valence-corrected chi connectivity index (χ1v) is 8.33. The lowest BCUT2D eigenvalue weighted by atomic mass is 10.1. The van der Waals surface area contributed by atoms with Gasteiger partial charge in [0, 0.05) is 17.3 Å². The van der Waals surface area contributed by atoms with Crippen LogP contribution in [0.25, 0.3) is 17.4 Å². The molecule has 1 heterocycles. The zero-order valence-electron chi connectivity index (χ0n) is 14.9. The van der Waals surface area contributed by atoms with Crippen LogP contribution in [0.5, 0.6) is 0 Å². The van der Waals surface area contributed by atoms with E-state index in [4.69, 9.17) is 4.42 Å². The maximum atomic E-state index is 13.0. The molecule has 0 aliphatic carbocycles. The Kier molecular flexibility index (Phi) is 5.18. The number of aryl methyl sites for hydroxylation is 1. The third-order valence-electron chi connectivity index (χ3n) is 4.26. The largest absolute Gasteiger partial charge is 0.457 e. The minimum Gasteiger partial charge on any atom is -0.457 e. The molecule has 0 aliphatic rings. The van der Waals surface area contributed by atoms with Crippen molar-refractivity contribution in [3.8, 4) is 17.4 Å². The summed E-state index contributed by atoms with van der Waals surface area (Å²) in [6, 6.07) is 16.7. The van der Waals surface area contributed by atoms with Gasteiger partial charge in [0.1, 0.15) is 29.0 Å². The van der Waals surface area contributed by atoms with E-state index >= 15 is 0 Å². The summed E-state index contributed by atoms with van der Waals surface area (Å²) in [7, 11) is 0. The van der Waals surface area contributed by atoms with Crippen LogP contribution in [0.15, 0.2) is 64.6 Å². The maximum absolute atomic E-state index is 13.0. The average Bonchev–Trinajstić information content (AvgIpc) is 3.12. The molecule has 5 heteroatoms. The zero-order valence-corrected chi connectivity index (χ0v) is 14.9. The van der Waals surface area contributed by atoms with Gasteiger partial charge in [-0.15, -0.1) is 0 Å². The fourth-order valence-corrected chi connectivity index (χ4v) is 2.57. The molecule has 0 saturated carbocycles. The number of benzene rings is 2. The fourth-order valence-electron chi connectivity index (χ4n) is 2.57. The molecule has 27 heavy (non-hydrogen) atoms. The molecule has 0 unspecified atom stereocenters. The van der Waals surface area contributed by atoms with Gasteiger partial charge in [0.2, 0.25) is 0 Å². The average molecular weight is 360 g/mol. The molecular formula is C22H17FN2O2. The Labute approximate surface area is 156 Å². The van der Waals surface area contributed by atoms with Crippen LogP contribution in [0.2, 0.25) is 0 Å². The number of amides is 1. The number of nitriles is 1. The first kappa shape index (κ1) is 18.2. The number of hydrogen-bond donors (Lipinski definition) is 1. The monoisotopic (exact) mass is 360 g/mol.